The number of nitrogens with zero attached hydrogens (tertiary/aromatic N) is 6. The number of fused-ring (bicyclic) bond motifs is 2. The summed E-state index contributed by atoms with van der Waals surface area (Å²) in [4.78, 5) is 37.3. The number of rotatable bonds is 7. The van der Waals surface area contributed by atoms with Gasteiger partial charge in [-0.25, -0.2) is 14.5 Å². The van der Waals surface area contributed by atoms with Gasteiger partial charge in [-0.15, -0.1) is 0 Å². The van der Waals surface area contributed by atoms with Gasteiger partial charge >= 0.3 is 5.97 Å². The van der Waals surface area contributed by atoms with Crippen molar-refractivity contribution in [2.45, 2.75) is 89.2 Å². The minimum atomic E-state index is -0.591. The number of hydrogen-bond acceptors (Lipinski definition) is 10. The molecule has 3 aromatic rings. The second-order valence-corrected chi connectivity index (χ2v) is 11.2. The Kier molecular flexibility index (Phi) is 7.16. The van der Waals surface area contributed by atoms with E-state index in [0.29, 0.717) is 35.4 Å². The molecule has 0 aromatic carbocycles. The summed E-state index contributed by atoms with van der Waals surface area (Å²) >= 11 is 0. The molecular formula is C29H36N6O5. The van der Waals surface area contributed by atoms with Gasteiger partial charge in [0.15, 0.2) is 28.8 Å². The van der Waals surface area contributed by atoms with Gasteiger partial charge in [-0.05, 0) is 78.5 Å². The normalized spacial score (nSPS) is 23.8. The molecular weight excluding hydrogens is 512 g/mol. The maximum atomic E-state index is 13.2. The highest BCUT2D eigenvalue weighted by molar-refractivity contribution is 5.91. The molecule has 3 atom stereocenters. The van der Waals surface area contributed by atoms with Gasteiger partial charge in [0.1, 0.15) is 11.9 Å². The number of likely N-dealkylation sites (tertiary alicyclic amines) is 1. The monoisotopic (exact) mass is 548 g/mol. The van der Waals surface area contributed by atoms with Crippen molar-refractivity contribution in [3.05, 3.63) is 35.3 Å². The summed E-state index contributed by atoms with van der Waals surface area (Å²) in [7, 11) is 2.11. The van der Waals surface area contributed by atoms with E-state index in [1.165, 1.54) is 4.68 Å². The van der Waals surface area contributed by atoms with Crippen LogP contribution in [0.4, 0.5) is 0 Å². The van der Waals surface area contributed by atoms with Gasteiger partial charge in [-0.3, -0.25) is 9.69 Å². The molecule has 1 saturated carbocycles. The predicted molar refractivity (Wildman–Crippen MR) is 144 cm³/mol. The van der Waals surface area contributed by atoms with Crippen LogP contribution in [0, 0.1) is 0 Å². The molecule has 3 aromatic heterocycles. The first-order valence-electron chi connectivity index (χ1n) is 14.4. The van der Waals surface area contributed by atoms with Crippen LogP contribution in [0.2, 0.25) is 0 Å². The highest BCUT2D eigenvalue weighted by Gasteiger charge is 2.48. The van der Waals surface area contributed by atoms with Crippen LogP contribution in [0.25, 0.3) is 17.3 Å². The van der Waals surface area contributed by atoms with E-state index < -0.39 is 11.4 Å². The quantitative estimate of drug-likeness (QED) is 0.399. The molecule has 40 heavy (non-hydrogen) atoms. The van der Waals surface area contributed by atoms with Crippen molar-refractivity contribution >= 4 is 11.8 Å². The number of ether oxygens (including phenoxy) is 2. The van der Waals surface area contributed by atoms with E-state index in [0.717, 1.165) is 63.5 Å². The number of carbonyl (C=O) groups is 2. The van der Waals surface area contributed by atoms with Crippen LogP contribution in [0.1, 0.15) is 87.0 Å². The van der Waals surface area contributed by atoms with Crippen molar-refractivity contribution in [3.8, 4) is 23.2 Å². The third kappa shape index (κ3) is 4.70. The Hall–Kier alpha value is -3.60. The molecule has 0 unspecified atom stereocenters. The van der Waals surface area contributed by atoms with Crippen LogP contribution >= 0.6 is 0 Å². The maximum Gasteiger partial charge on any atom is 0.358 e. The third-order valence-electron chi connectivity index (χ3n) is 8.68. The Morgan fingerprint density at radius 2 is 2.05 bits per heavy atom. The molecule has 1 aliphatic heterocycles. The first kappa shape index (κ1) is 26.6. The van der Waals surface area contributed by atoms with Crippen molar-refractivity contribution < 1.29 is 23.6 Å². The zero-order valence-corrected chi connectivity index (χ0v) is 23.4. The Bertz CT molecular complexity index is 1420. The molecule has 4 heterocycles. The summed E-state index contributed by atoms with van der Waals surface area (Å²) in [6, 6.07) is 3.58. The minimum Gasteiger partial charge on any atom is -0.473 e. The average Bonchev–Trinajstić information content (AvgIpc) is 3.70. The fourth-order valence-corrected chi connectivity index (χ4v) is 6.63. The van der Waals surface area contributed by atoms with Crippen molar-refractivity contribution in [2.24, 2.45) is 0 Å². The Morgan fingerprint density at radius 3 is 2.83 bits per heavy atom. The van der Waals surface area contributed by atoms with E-state index in [9.17, 15) is 9.59 Å². The standard InChI is InChI=1S/C29H36N6O5/c1-4-38-28(37)20-12-16-35(32-20)23-17-24(39-18(2)21-10-8-15-34(21)3)31-27(30-23)25-19-9-7-14-29(26(19)40-33-25)13-6-5-11-22(29)36/h12,16-18,21H,4-11,13-15H2,1-3H3/t18-,21-,29+/m0/s1. The van der Waals surface area contributed by atoms with Gasteiger partial charge in [-0.2, -0.15) is 10.1 Å². The lowest BCUT2D eigenvalue weighted by Gasteiger charge is -2.36. The molecule has 0 radical (unpaired) electrons. The lowest BCUT2D eigenvalue weighted by molar-refractivity contribution is -0.128. The molecule has 3 aliphatic rings. The molecule has 0 N–H and O–H groups in total. The van der Waals surface area contributed by atoms with Gasteiger partial charge in [0, 0.05) is 30.3 Å². The smallest absolute Gasteiger partial charge is 0.358 e. The average molecular weight is 549 g/mol. The number of hydrogen-bond donors (Lipinski definition) is 0. The summed E-state index contributed by atoms with van der Waals surface area (Å²) in [5.41, 5.74) is 1.02. The van der Waals surface area contributed by atoms with E-state index in [-0.39, 0.29) is 30.2 Å². The third-order valence-corrected chi connectivity index (χ3v) is 8.68. The number of esters is 1. The number of carbonyl (C=O) groups excluding carboxylic acids is 2. The maximum absolute atomic E-state index is 13.2. The van der Waals surface area contributed by atoms with Gasteiger partial charge in [-0.1, -0.05) is 11.6 Å². The predicted octanol–water partition coefficient (Wildman–Crippen LogP) is 4.07. The second kappa shape index (κ2) is 10.8. The van der Waals surface area contributed by atoms with E-state index >= 15 is 0 Å². The Balaban J connectivity index is 1.40. The highest BCUT2D eigenvalue weighted by Crippen LogP contribution is 2.47. The van der Waals surface area contributed by atoms with Crippen LogP contribution in [0.3, 0.4) is 0 Å². The Labute approximate surface area is 233 Å². The molecule has 0 amide bonds. The number of likely N-dealkylation sites (N-methyl/N-ethyl adjacent to an activating group) is 1. The van der Waals surface area contributed by atoms with Crippen LogP contribution in [0.15, 0.2) is 22.9 Å². The van der Waals surface area contributed by atoms with Crippen LogP contribution in [-0.2, 0) is 21.4 Å². The Morgan fingerprint density at radius 1 is 1.20 bits per heavy atom. The van der Waals surface area contributed by atoms with Gasteiger partial charge in [0.05, 0.1) is 12.0 Å². The zero-order chi connectivity index (χ0) is 27.9. The summed E-state index contributed by atoms with van der Waals surface area (Å²) in [6.45, 7) is 5.10. The molecule has 212 valence electrons. The fourth-order valence-electron chi connectivity index (χ4n) is 6.63. The summed E-state index contributed by atoms with van der Waals surface area (Å²) in [5, 5.41) is 8.83. The topological polar surface area (TPSA) is 125 Å². The molecule has 11 heteroatoms. The van der Waals surface area contributed by atoms with Crippen LogP contribution in [-0.4, -0.2) is 73.9 Å². The van der Waals surface area contributed by atoms with Crippen LogP contribution < -0.4 is 4.74 Å². The van der Waals surface area contributed by atoms with E-state index in [1.54, 1.807) is 25.3 Å². The summed E-state index contributed by atoms with van der Waals surface area (Å²) < 4.78 is 19.0. The number of Topliss-reactive ketones (excluding diaryl/α,β-unsaturated/α-hetero) is 1. The van der Waals surface area contributed by atoms with Gasteiger partial charge < -0.3 is 14.0 Å². The molecule has 1 saturated heterocycles. The summed E-state index contributed by atoms with van der Waals surface area (Å²) in [6.07, 6.45) is 9.44. The van der Waals surface area contributed by atoms with Crippen molar-refractivity contribution in [1.82, 2.24) is 29.8 Å². The largest absolute Gasteiger partial charge is 0.473 e. The second-order valence-electron chi connectivity index (χ2n) is 11.2. The molecule has 6 rings (SSSR count). The number of ketones is 1. The molecule has 1 spiro atoms. The van der Waals surface area contributed by atoms with Crippen LogP contribution in [0.5, 0.6) is 5.88 Å². The highest BCUT2D eigenvalue weighted by atomic mass is 16.5. The molecule has 11 nitrogen and oxygen atoms in total. The van der Waals surface area contributed by atoms with E-state index in [1.807, 2.05) is 0 Å². The zero-order valence-electron chi connectivity index (χ0n) is 23.4. The number of aromatic nitrogens is 5. The van der Waals surface area contributed by atoms with Gasteiger partial charge in [0.25, 0.3) is 0 Å². The first-order chi connectivity index (χ1) is 19.4. The molecule has 2 fully saturated rings. The lowest BCUT2D eigenvalue weighted by atomic mass is 9.64. The lowest BCUT2D eigenvalue weighted by Crippen LogP contribution is -2.41. The molecule has 2 aliphatic carbocycles. The van der Waals surface area contributed by atoms with E-state index in [4.69, 9.17) is 24.0 Å². The van der Waals surface area contributed by atoms with Crippen molar-refractivity contribution in [1.29, 1.82) is 0 Å². The first-order valence-corrected chi connectivity index (χ1v) is 14.4. The minimum absolute atomic E-state index is 0.106. The fraction of sp³-hybridized carbons (Fsp3) is 0.586. The van der Waals surface area contributed by atoms with E-state index in [2.05, 4.69) is 29.1 Å². The molecule has 0 bridgehead atoms. The van der Waals surface area contributed by atoms with Crippen molar-refractivity contribution in [3.63, 3.8) is 0 Å². The summed E-state index contributed by atoms with van der Waals surface area (Å²) in [5.74, 6) is 1.59. The van der Waals surface area contributed by atoms with Gasteiger partial charge in [0.2, 0.25) is 5.88 Å². The SMILES string of the molecule is CCOC(=O)c1ccn(-c2cc(O[C@@H](C)[C@@H]3CCCN3C)nc(-c3noc4c3CCC[C@@]43CCCCC3=O)n2)n1. The van der Waals surface area contributed by atoms with Crippen molar-refractivity contribution in [2.75, 3.05) is 20.2 Å².